The second-order valence-corrected chi connectivity index (χ2v) is 0. The molecule has 0 aromatic rings. The van der Waals surface area contributed by atoms with E-state index in [1.165, 1.54) is 0 Å². The molecule has 0 heterocycles. The van der Waals surface area contributed by atoms with Gasteiger partial charge in [0, 0.05) is 20.1 Å². The van der Waals surface area contributed by atoms with E-state index >= 15 is 0 Å². The van der Waals surface area contributed by atoms with Crippen molar-refractivity contribution >= 4 is 24.8 Å². The van der Waals surface area contributed by atoms with Crippen LogP contribution in [-0.2, 0) is 20.1 Å². The average molecular weight is 425 g/mol. The summed E-state index contributed by atoms with van der Waals surface area (Å²) in [5.41, 5.74) is 0. The van der Waals surface area contributed by atoms with Crippen LogP contribution in [0.2, 0.25) is 0 Å². The largest absolute Gasteiger partial charge is 1.00 e. The van der Waals surface area contributed by atoms with Crippen molar-refractivity contribution in [1.82, 2.24) is 0 Å². The van der Waals surface area contributed by atoms with Crippen LogP contribution in [-0.4, -0.2) is 5.48 Å². The molecule has 1 radical (unpaired) electrons. The molecule has 0 aromatic heterocycles. The van der Waals surface area contributed by atoms with Crippen LogP contribution in [0.1, 0.15) is 0 Å². The van der Waals surface area contributed by atoms with Gasteiger partial charge in [-0.05, 0) is 0 Å². The first kappa shape index (κ1) is 164. The van der Waals surface area contributed by atoms with Crippen LogP contribution in [0.4, 0.5) is 0 Å². The van der Waals surface area contributed by atoms with Gasteiger partial charge in [0.15, 0.2) is 0 Å². The summed E-state index contributed by atoms with van der Waals surface area (Å²) in [5.74, 6) is 0. The molecule has 0 aliphatic carbocycles. The molecule has 8 heavy (non-hydrogen) atoms. The second-order valence-electron chi connectivity index (χ2n) is 0. The predicted octanol–water partition coefficient (Wildman–Crippen LogP) is -12.0. The van der Waals surface area contributed by atoms with Crippen LogP contribution in [0.3, 0.4) is 0 Å². The monoisotopic (exact) mass is 423 g/mol. The molecule has 2 N–H and O–H groups in total. The summed E-state index contributed by atoms with van der Waals surface area (Å²) in [6.07, 6.45) is 0. The summed E-state index contributed by atoms with van der Waals surface area (Å²) < 4.78 is 0. The first-order valence-electron chi connectivity index (χ1n) is 0. The predicted molar refractivity (Wildman–Crippen MR) is 18.1 cm³/mol. The normalized spacial score (nSPS) is 0. The van der Waals surface area contributed by atoms with Crippen molar-refractivity contribution in [2.45, 2.75) is 0 Å². The van der Waals surface area contributed by atoms with E-state index in [0.29, 0.717) is 0 Å². The van der Waals surface area contributed by atoms with E-state index < -0.39 is 0 Å². The zero-order valence-electron chi connectivity index (χ0n) is 3.16. The fourth-order valence-electron chi connectivity index (χ4n) is 0. The van der Waals surface area contributed by atoms with Crippen LogP contribution in [0.5, 0.6) is 0 Å². The van der Waals surface area contributed by atoms with Crippen LogP contribution < -0.4 is 49.6 Å². The molecule has 0 saturated carbocycles. The fourth-order valence-corrected chi connectivity index (χ4v) is 0. The molecule has 0 unspecified atom stereocenters. The molecule has 0 aliphatic heterocycles. The summed E-state index contributed by atoms with van der Waals surface area (Å²) in [7, 11) is 0. The van der Waals surface area contributed by atoms with Gasteiger partial charge in [0.2, 0.25) is 0 Å². The van der Waals surface area contributed by atoms with Crippen molar-refractivity contribution in [3.8, 4) is 0 Å². The summed E-state index contributed by atoms with van der Waals surface area (Å²) in [6, 6.07) is 0. The maximum atomic E-state index is 0. The smallest absolute Gasteiger partial charge is 0 e. The molecular formula is H4Cl6IrO-4. The Hall–Kier alpha value is 2.35. The summed E-state index contributed by atoms with van der Waals surface area (Å²) in [5, 5.41) is 0. The van der Waals surface area contributed by atoms with Gasteiger partial charge in [0.1, 0.15) is 0 Å². The SMILES string of the molecule is Cl.Cl.O.[Cl-].[Cl-].[Cl-].[Cl-].[Ir]. The molecule has 1 nitrogen and oxygen atoms in total. The molecule has 0 spiro atoms. The first-order chi connectivity index (χ1) is 0. The van der Waals surface area contributed by atoms with Gasteiger partial charge in [-0.15, -0.1) is 24.8 Å². The van der Waals surface area contributed by atoms with Crippen molar-refractivity contribution < 1.29 is 75.2 Å². The van der Waals surface area contributed by atoms with Gasteiger partial charge >= 0.3 is 0 Å². The number of halogens is 6. The Labute approximate surface area is 99.2 Å². The third-order valence-corrected chi connectivity index (χ3v) is 0. The number of hydrogen-bond donors (Lipinski definition) is 0. The zero-order chi connectivity index (χ0) is 0. The van der Waals surface area contributed by atoms with Crippen LogP contribution in [0, 0.1) is 0 Å². The zero-order valence-corrected chi connectivity index (χ0v) is 10.2. The fraction of sp³-hybridized carbons (Fsp3) is 0. The maximum absolute atomic E-state index is 0. The molecule has 0 aromatic carbocycles. The van der Waals surface area contributed by atoms with Crippen LogP contribution >= 0.6 is 24.8 Å². The van der Waals surface area contributed by atoms with E-state index in [-0.39, 0.29) is 100 Å². The van der Waals surface area contributed by atoms with Gasteiger partial charge in [0.25, 0.3) is 0 Å². The molecule has 0 saturated heterocycles. The molecule has 0 fully saturated rings. The van der Waals surface area contributed by atoms with Crippen LogP contribution in [0.25, 0.3) is 0 Å². The molecule has 8 heteroatoms. The third-order valence-electron chi connectivity index (χ3n) is 0. The standard InChI is InChI=1S/6ClH.Ir.H2O/h6*1H;;1H2/p-4. The van der Waals surface area contributed by atoms with E-state index in [2.05, 4.69) is 0 Å². The van der Waals surface area contributed by atoms with E-state index in [1.807, 2.05) is 0 Å². The molecule has 0 atom stereocenters. The van der Waals surface area contributed by atoms with Crippen LogP contribution in [0.15, 0.2) is 0 Å². The second kappa shape index (κ2) is 118. The number of rotatable bonds is 0. The molecular weight excluding hydrogens is 421 g/mol. The van der Waals surface area contributed by atoms with Gasteiger partial charge in [-0.3, -0.25) is 0 Å². The summed E-state index contributed by atoms with van der Waals surface area (Å²) >= 11 is 0. The Balaban J connectivity index is 0. The Morgan fingerprint density at radius 1 is 0.500 bits per heavy atom. The van der Waals surface area contributed by atoms with Crippen molar-refractivity contribution in [2.24, 2.45) is 0 Å². The third kappa shape index (κ3) is 81.7. The Morgan fingerprint density at radius 2 is 0.500 bits per heavy atom. The minimum atomic E-state index is 0. The Kier molecular flexibility index (Phi) is 2420. The van der Waals surface area contributed by atoms with Crippen molar-refractivity contribution in [3.63, 3.8) is 0 Å². The Bertz CT molecular complexity index is 8.49. The topological polar surface area (TPSA) is 31.5 Å². The average Bonchev–Trinajstić information content (AvgIpc) is 0. The Morgan fingerprint density at radius 3 is 0.500 bits per heavy atom. The first-order valence-corrected chi connectivity index (χ1v) is 0. The van der Waals surface area contributed by atoms with E-state index in [1.54, 1.807) is 0 Å². The van der Waals surface area contributed by atoms with Gasteiger partial charge in [-0.2, -0.15) is 0 Å². The summed E-state index contributed by atoms with van der Waals surface area (Å²) in [6.45, 7) is 0. The molecule has 0 amide bonds. The van der Waals surface area contributed by atoms with Gasteiger partial charge < -0.3 is 55.1 Å². The quantitative estimate of drug-likeness (QED) is 0.370. The van der Waals surface area contributed by atoms with E-state index in [0.717, 1.165) is 0 Å². The minimum absolute atomic E-state index is 0. The number of hydrogen-bond acceptors (Lipinski definition) is 0. The van der Waals surface area contributed by atoms with Gasteiger partial charge in [-0.25, -0.2) is 0 Å². The van der Waals surface area contributed by atoms with E-state index in [9.17, 15) is 0 Å². The van der Waals surface area contributed by atoms with Gasteiger partial charge in [0.05, 0.1) is 0 Å². The van der Waals surface area contributed by atoms with Crippen molar-refractivity contribution in [2.75, 3.05) is 0 Å². The molecule has 0 aliphatic rings. The van der Waals surface area contributed by atoms with Gasteiger partial charge in [-0.1, -0.05) is 0 Å². The minimum Gasteiger partial charge on any atom is -1.00 e. The van der Waals surface area contributed by atoms with Crippen molar-refractivity contribution in [1.29, 1.82) is 0 Å². The summed E-state index contributed by atoms with van der Waals surface area (Å²) in [4.78, 5) is 0. The molecule has 0 rings (SSSR count). The molecule has 0 bridgehead atoms. The maximum Gasteiger partial charge on any atom is 0 e. The molecule has 65 valence electrons. The van der Waals surface area contributed by atoms with E-state index in [4.69, 9.17) is 0 Å². The van der Waals surface area contributed by atoms with Crippen molar-refractivity contribution in [3.05, 3.63) is 0 Å².